The van der Waals surface area contributed by atoms with Crippen LogP contribution in [0.4, 0.5) is 10.5 Å². The van der Waals surface area contributed by atoms with E-state index >= 15 is 0 Å². The van der Waals surface area contributed by atoms with Gasteiger partial charge in [-0.05, 0) is 38.3 Å². The number of nitrogens with zero attached hydrogens (tertiary/aromatic N) is 1. The molecule has 10 nitrogen and oxygen atoms in total. The first kappa shape index (κ1) is 24.0. The summed E-state index contributed by atoms with van der Waals surface area (Å²) in [6.07, 6.45) is 1.78. The quantitative estimate of drug-likeness (QED) is 0.308. The molecule has 1 aromatic carbocycles. The maximum absolute atomic E-state index is 12.8. The molecule has 0 saturated carbocycles. The lowest BCUT2D eigenvalue weighted by molar-refractivity contribution is -0.386. The fourth-order valence-electron chi connectivity index (χ4n) is 3.29. The van der Waals surface area contributed by atoms with Gasteiger partial charge in [0, 0.05) is 11.8 Å². The van der Waals surface area contributed by atoms with Crippen LogP contribution in [-0.2, 0) is 9.53 Å². The van der Waals surface area contributed by atoms with Crippen molar-refractivity contribution in [3.63, 3.8) is 0 Å². The van der Waals surface area contributed by atoms with Crippen LogP contribution < -0.4 is 20.1 Å². The van der Waals surface area contributed by atoms with Gasteiger partial charge in [-0.25, -0.2) is 9.59 Å². The Labute approximate surface area is 181 Å². The van der Waals surface area contributed by atoms with Gasteiger partial charge >= 0.3 is 17.7 Å². The van der Waals surface area contributed by atoms with Gasteiger partial charge in [-0.2, -0.15) is 0 Å². The van der Waals surface area contributed by atoms with Gasteiger partial charge in [-0.1, -0.05) is 20.3 Å². The Hall–Kier alpha value is -3.30. The molecule has 0 aromatic heterocycles. The number of amides is 2. The standard InChI is InChI=1S/C21H29N3O7/c1-5-9-14-17(20(25)30-8-4)18(23-21(26)22-14)13-11-15(24(27)28)19(31-10-6-2)16(12-13)29-7-3/h11-12,18H,5-10H2,1-4H3,(H2,22,23,26). The Kier molecular flexibility index (Phi) is 8.65. The molecule has 1 aliphatic rings. The predicted octanol–water partition coefficient (Wildman–Crippen LogP) is 3.75. The van der Waals surface area contributed by atoms with Gasteiger partial charge in [-0.3, -0.25) is 10.1 Å². The zero-order chi connectivity index (χ0) is 23.0. The summed E-state index contributed by atoms with van der Waals surface area (Å²) < 4.78 is 16.4. The summed E-state index contributed by atoms with van der Waals surface area (Å²) in [6, 6.07) is 1.41. The van der Waals surface area contributed by atoms with Crippen LogP contribution >= 0.6 is 0 Å². The van der Waals surface area contributed by atoms with E-state index in [0.717, 1.165) is 0 Å². The third kappa shape index (κ3) is 5.65. The molecule has 2 rings (SSSR count). The second-order valence-corrected chi connectivity index (χ2v) is 6.80. The van der Waals surface area contributed by atoms with Gasteiger partial charge in [0.1, 0.15) is 0 Å². The molecule has 0 spiro atoms. The van der Waals surface area contributed by atoms with Crippen LogP contribution in [0.1, 0.15) is 58.6 Å². The van der Waals surface area contributed by atoms with Crippen LogP contribution in [0.25, 0.3) is 0 Å². The zero-order valence-corrected chi connectivity index (χ0v) is 18.3. The number of carbonyl (C=O) groups excluding carboxylic acids is 2. The van der Waals surface area contributed by atoms with Gasteiger partial charge in [0.05, 0.1) is 36.4 Å². The van der Waals surface area contributed by atoms with Crippen molar-refractivity contribution in [2.24, 2.45) is 0 Å². The number of nitro groups is 1. The highest BCUT2D eigenvalue weighted by Gasteiger charge is 2.35. The fraction of sp³-hybridized carbons (Fsp3) is 0.524. The van der Waals surface area contributed by atoms with Crippen molar-refractivity contribution in [3.05, 3.63) is 39.1 Å². The van der Waals surface area contributed by atoms with E-state index in [4.69, 9.17) is 14.2 Å². The number of nitro benzene ring substituents is 1. The third-order valence-corrected chi connectivity index (χ3v) is 4.49. The molecule has 2 amide bonds. The molecule has 0 fully saturated rings. The van der Waals surface area contributed by atoms with E-state index in [1.54, 1.807) is 19.9 Å². The van der Waals surface area contributed by atoms with E-state index in [0.29, 0.717) is 30.5 Å². The summed E-state index contributed by atoms with van der Waals surface area (Å²) in [6.45, 7) is 7.91. The molecule has 1 heterocycles. The Morgan fingerprint density at radius 1 is 1.13 bits per heavy atom. The molecule has 1 aliphatic heterocycles. The van der Waals surface area contributed by atoms with Crippen LogP contribution in [0.3, 0.4) is 0 Å². The number of benzene rings is 1. The Morgan fingerprint density at radius 2 is 1.87 bits per heavy atom. The molecule has 2 N–H and O–H groups in total. The van der Waals surface area contributed by atoms with Crippen LogP contribution in [0.2, 0.25) is 0 Å². The summed E-state index contributed by atoms with van der Waals surface area (Å²) >= 11 is 0. The first-order valence-corrected chi connectivity index (χ1v) is 10.4. The molecule has 31 heavy (non-hydrogen) atoms. The van der Waals surface area contributed by atoms with Gasteiger partial charge in [0.25, 0.3) is 0 Å². The fourth-order valence-corrected chi connectivity index (χ4v) is 3.29. The molecule has 0 saturated heterocycles. The first-order valence-electron chi connectivity index (χ1n) is 10.4. The summed E-state index contributed by atoms with van der Waals surface area (Å²) in [5.74, 6) is -0.406. The maximum Gasteiger partial charge on any atom is 0.338 e. The number of carbonyl (C=O) groups is 2. The van der Waals surface area contributed by atoms with Crippen molar-refractivity contribution >= 4 is 17.7 Å². The molecule has 0 aliphatic carbocycles. The second kappa shape index (κ2) is 11.2. The molecule has 0 radical (unpaired) electrons. The van der Waals surface area contributed by atoms with Crippen LogP contribution in [0, 0.1) is 10.1 Å². The smallest absolute Gasteiger partial charge is 0.338 e. The summed E-state index contributed by atoms with van der Waals surface area (Å²) in [4.78, 5) is 36.3. The highest BCUT2D eigenvalue weighted by Crippen LogP contribution is 2.42. The van der Waals surface area contributed by atoms with E-state index < -0.39 is 23.0 Å². The minimum atomic E-state index is -0.938. The van der Waals surface area contributed by atoms with Gasteiger partial charge in [-0.15, -0.1) is 0 Å². The van der Waals surface area contributed by atoms with Gasteiger partial charge < -0.3 is 24.8 Å². The minimum absolute atomic E-state index is 0.0214. The normalized spacial score (nSPS) is 15.7. The van der Waals surface area contributed by atoms with Crippen molar-refractivity contribution in [2.75, 3.05) is 19.8 Å². The third-order valence-electron chi connectivity index (χ3n) is 4.49. The van der Waals surface area contributed by atoms with Crippen molar-refractivity contribution in [1.29, 1.82) is 0 Å². The monoisotopic (exact) mass is 435 g/mol. The van der Waals surface area contributed by atoms with Crippen molar-refractivity contribution in [3.8, 4) is 11.5 Å². The second-order valence-electron chi connectivity index (χ2n) is 6.80. The minimum Gasteiger partial charge on any atom is -0.490 e. The average molecular weight is 435 g/mol. The van der Waals surface area contributed by atoms with Crippen LogP contribution in [0.5, 0.6) is 11.5 Å². The average Bonchev–Trinajstić information content (AvgIpc) is 2.72. The predicted molar refractivity (Wildman–Crippen MR) is 113 cm³/mol. The number of nitrogens with one attached hydrogen (secondary N) is 2. The van der Waals surface area contributed by atoms with Crippen molar-refractivity contribution < 1.29 is 28.7 Å². The van der Waals surface area contributed by atoms with Gasteiger partial charge in [0.2, 0.25) is 5.75 Å². The highest BCUT2D eigenvalue weighted by molar-refractivity contribution is 5.95. The Bertz CT molecular complexity index is 867. The summed E-state index contributed by atoms with van der Waals surface area (Å²) in [7, 11) is 0. The van der Waals surface area contributed by atoms with E-state index in [9.17, 15) is 19.7 Å². The number of esters is 1. The summed E-state index contributed by atoms with van der Waals surface area (Å²) in [5.41, 5.74) is 0.664. The highest BCUT2D eigenvalue weighted by atomic mass is 16.6. The van der Waals surface area contributed by atoms with Crippen LogP contribution in [0.15, 0.2) is 23.4 Å². The zero-order valence-electron chi connectivity index (χ0n) is 18.3. The molecule has 1 unspecified atom stereocenters. The Balaban J connectivity index is 2.69. The topological polar surface area (TPSA) is 129 Å². The van der Waals surface area contributed by atoms with E-state index in [2.05, 4.69) is 10.6 Å². The SMILES string of the molecule is CCCOc1c(OCC)cc(C2NC(=O)NC(CCC)=C2C(=O)OCC)cc1[N+](=O)[O-]. The van der Waals surface area contributed by atoms with Crippen LogP contribution in [-0.4, -0.2) is 36.7 Å². The molecule has 1 aromatic rings. The molecule has 170 valence electrons. The van der Waals surface area contributed by atoms with E-state index in [-0.39, 0.29) is 42.6 Å². The molecule has 1 atom stereocenters. The lowest BCUT2D eigenvalue weighted by Gasteiger charge is -2.29. The largest absolute Gasteiger partial charge is 0.490 e. The van der Waals surface area contributed by atoms with Gasteiger partial charge in [0.15, 0.2) is 5.75 Å². The molecular weight excluding hydrogens is 406 g/mol. The number of ether oxygens (including phenoxy) is 3. The number of hydrogen-bond donors (Lipinski definition) is 2. The number of hydrogen-bond acceptors (Lipinski definition) is 7. The molecular formula is C21H29N3O7. The van der Waals surface area contributed by atoms with E-state index in [1.807, 2.05) is 13.8 Å². The summed E-state index contributed by atoms with van der Waals surface area (Å²) in [5, 5.41) is 17.1. The molecule has 10 heteroatoms. The molecule has 0 bridgehead atoms. The van der Waals surface area contributed by atoms with E-state index in [1.165, 1.54) is 6.07 Å². The Morgan fingerprint density at radius 3 is 2.45 bits per heavy atom. The maximum atomic E-state index is 12.8. The number of urea groups is 1. The lowest BCUT2D eigenvalue weighted by atomic mass is 9.93. The van der Waals surface area contributed by atoms with Crippen molar-refractivity contribution in [1.82, 2.24) is 10.6 Å². The number of rotatable bonds is 11. The lowest BCUT2D eigenvalue weighted by Crippen LogP contribution is -2.46. The first-order chi connectivity index (χ1) is 14.9. The van der Waals surface area contributed by atoms with Crippen molar-refractivity contribution in [2.45, 2.75) is 53.0 Å². The number of allylic oxidation sites excluding steroid dienone is 1.